The summed E-state index contributed by atoms with van der Waals surface area (Å²) in [6.45, 7) is 1.54. The number of hydrogen-bond donors (Lipinski definition) is 2. The minimum Gasteiger partial charge on any atom is -0.489 e. The smallest absolute Gasteiger partial charge is 0.313 e. The van der Waals surface area contributed by atoms with E-state index in [0.29, 0.717) is 31.2 Å². The molecular formula is C20H22N2O4. The van der Waals surface area contributed by atoms with Crippen LogP contribution in [0.2, 0.25) is 0 Å². The molecule has 3 rings (SSSR count). The van der Waals surface area contributed by atoms with Gasteiger partial charge >= 0.3 is 11.8 Å². The van der Waals surface area contributed by atoms with Crippen molar-refractivity contribution in [1.82, 2.24) is 5.32 Å². The summed E-state index contributed by atoms with van der Waals surface area (Å²) < 4.78 is 11.1. The molecule has 136 valence electrons. The summed E-state index contributed by atoms with van der Waals surface area (Å²) in [6.07, 6.45) is 1.91. The quantitative estimate of drug-likeness (QED) is 0.782. The zero-order valence-corrected chi connectivity index (χ0v) is 14.4. The second-order valence-corrected chi connectivity index (χ2v) is 6.10. The van der Waals surface area contributed by atoms with Crippen LogP contribution in [0, 0.1) is 0 Å². The van der Waals surface area contributed by atoms with E-state index in [1.807, 2.05) is 30.3 Å². The first-order valence-corrected chi connectivity index (χ1v) is 8.68. The van der Waals surface area contributed by atoms with Crippen molar-refractivity contribution in [3.05, 3.63) is 60.2 Å². The molecule has 1 fully saturated rings. The Labute approximate surface area is 152 Å². The fourth-order valence-corrected chi connectivity index (χ4v) is 2.66. The van der Waals surface area contributed by atoms with Crippen LogP contribution in [0.3, 0.4) is 0 Å². The van der Waals surface area contributed by atoms with Gasteiger partial charge in [-0.1, -0.05) is 30.3 Å². The average Bonchev–Trinajstić information content (AvgIpc) is 3.20. The van der Waals surface area contributed by atoms with E-state index < -0.39 is 11.8 Å². The summed E-state index contributed by atoms with van der Waals surface area (Å²) >= 11 is 0. The van der Waals surface area contributed by atoms with Gasteiger partial charge in [0.25, 0.3) is 0 Å². The van der Waals surface area contributed by atoms with Gasteiger partial charge in [-0.3, -0.25) is 9.59 Å². The van der Waals surface area contributed by atoms with E-state index in [4.69, 9.17) is 9.47 Å². The highest BCUT2D eigenvalue weighted by molar-refractivity contribution is 6.39. The van der Waals surface area contributed by atoms with Crippen molar-refractivity contribution in [3.8, 4) is 5.75 Å². The van der Waals surface area contributed by atoms with Crippen LogP contribution < -0.4 is 15.4 Å². The van der Waals surface area contributed by atoms with E-state index in [1.165, 1.54) is 0 Å². The molecular weight excluding hydrogens is 332 g/mol. The van der Waals surface area contributed by atoms with E-state index >= 15 is 0 Å². The number of benzene rings is 2. The van der Waals surface area contributed by atoms with Crippen LogP contribution in [0.4, 0.5) is 5.69 Å². The Balaban J connectivity index is 1.44. The molecule has 2 amide bonds. The standard InChI is InChI=1S/C20H22N2O4/c23-19(21-13-18-7-4-12-25-18)20(24)22-16-8-10-17(11-9-16)26-14-15-5-2-1-3-6-15/h1-3,5-6,8-11,18H,4,7,12-14H2,(H,21,23)(H,22,24). The maximum absolute atomic E-state index is 11.9. The Kier molecular flexibility index (Phi) is 6.22. The Bertz CT molecular complexity index is 725. The van der Waals surface area contributed by atoms with Crippen molar-refractivity contribution >= 4 is 17.5 Å². The predicted octanol–water partition coefficient (Wildman–Crippen LogP) is 2.50. The highest BCUT2D eigenvalue weighted by Crippen LogP contribution is 2.17. The van der Waals surface area contributed by atoms with Crippen molar-refractivity contribution in [2.24, 2.45) is 0 Å². The number of hydrogen-bond acceptors (Lipinski definition) is 4. The van der Waals surface area contributed by atoms with Gasteiger partial charge in [0.2, 0.25) is 0 Å². The van der Waals surface area contributed by atoms with E-state index in [1.54, 1.807) is 24.3 Å². The summed E-state index contributed by atoms with van der Waals surface area (Å²) in [5.41, 5.74) is 1.61. The summed E-state index contributed by atoms with van der Waals surface area (Å²) in [6, 6.07) is 16.8. The fraction of sp³-hybridized carbons (Fsp3) is 0.300. The number of ether oxygens (including phenoxy) is 2. The summed E-state index contributed by atoms with van der Waals surface area (Å²) in [5.74, 6) is -0.666. The zero-order chi connectivity index (χ0) is 18.2. The average molecular weight is 354 g/mol. The summed E-state index contributed by atoms with van der Waals surface area (Å²) in [5, 5.41) is 5.16. The predicted molar refractivity (Wildman–Crippen MR) is 97.8 cm³/mol. The monoisotopic (exact) mass is 354 g/mol. The van der Waals surface area contributed by atoms with Crippen molar-refractivity contribution < 1.29 is 19.1 Å². The maximum Gasteiger partial charge on any atom is 0.313 e. The van der Waals surface area contributed by atoms with Gasteiger partial charge in [-0.25, -0.2) is 0 Å². The largest absolute Gasteiger partial charge is 0.489 e. The molecule has 2 aromatic rings. The molecule has 1 unspecified atom stereocenters. The van der Waals surface area contributed by atoms with Crippen molar-refractivity contribution in [1.29, 1.82) is 0 Å². The van der Waals surface area contributed by atoms with E-state index in [-0.39, 0.29) is 6.10 Å². The van der Waals surface area contributed by atoms with E-state index in [9.17, 15) is 9.59 Å². The number of carbonyl (C=O) groups is 2. The normalized spacial score (nSPS) is 16.1. The molecule has 0 aromatic heterocycles. The molecule has 2 N–H and O–H groups in total. The number of anilines is 1. The van der Waals surface area contributed by atoms with Gasteiger partial charge in [-0.05, 0) is 42.7 Å². The third-order valence-electron chi connectivity index (χ3n) is 4.08. The lowest BCUT2D eigenvalue weighted by atomic mass is 10.2. The van der Waals surface area contributed by atoms with Crippen LogP contribution in [0.1, 0.15) is 18.4 Å². The van der Waals surface area contributed by atoms with Gasteiger partial charge in [0, 0.05) is 18.8 Å². The van der Waals surface area contributed by atoms with Gasteiger partial charge in [0.1, 0.15) is 12.4 Å². The number of amides is 2. The van der Waals surface area contributed by atoms with Gasteiger partial charge < -0.3 is 20.1 Å². The molecule has 0 spiro atoms. The molecule has 6 heteroatoms. The molecule has 0 bridgehead atoms. The Morgan fingerprint density at radius 3 is 2.50 bits per heavy atom. The molecule has 0 radical (unpaired) electrons. The molecule has 1 aliphatic heterocycles. The Morgan fingerprint density at radius 2 is 1.81 bits per heavy atom. The lowest BCUT2D eigenvalue weighted by Crippen LogP contribution is -2.39. The molecule has 0 saturated carbocycles. The summed E-state index contributed by atoms with van der Waals surface area (Å²) in [4.78, 5) is 23.7. The van der Waals surface area contributed by atoms with Crippen LogP contribution in [-0.2, 0) is 20.9 Å². The van der Waals surface area contributed by atoms with Crippen LogP contribution >= 0.6 is 0 Å². The molecule has 2 aromatic carbocycles. The number of nitrogens with one attached hydrogen (secondary N) is 2. The van der Waals surface area contributed by atoms with Crippen LogP contribution in [0.5, 0.6) is 5.75 Å². The lowest BCUT2D eigenvalue weighted by molar-refractivity contribution is -0.136. The number of rotatable bonds is 6. The van der Waals surface area contributed by atoms with Crippen molar-refractivity contribution in [2.45, 2.75) is 25.6 Å². The van der Waals surface area contributed by atoms with Crippen LogP contribution in [-0.4, -0.2) is 31.1 Å². The molecule has 1 heterocycles. The SMILES string of the molecule is O=C(NCC1CCCO1)C(=O)Nc1ccc(OCc2ccccc2)cc1. The van der Waals surface area contributed by atoms with E-state index in [2.05, 4.69) is 10.6 Å². The lowest BCUT2D eigenvalue weighted by Gasteiger charge is -2.11. The minimum atomic E-state index is -0.694. The first-order valence-electron chi connectivity index (χ1n) is 8.68. The second-order valence-electron chi connectivity index (χ2n) is 6.10. The van der Waals surface area contributed by atoms with Gasteiger partial charge in [0.15, 0.2) is 0 Å². The highest BCUT2D eigenvalue weighted by Gasteiger charge is 2.19. The molecule has 1 atom stereocenters. The molecule has 6 nitrogen and oxygen atoms in total. The zero-order valence-electron chi connectivity index (χ0n) is 14.4. The molecule has 0 aliphatic carbocycles. The van der Waals surface area contributed by atoms with Crippen LogP contribution in [0.25, 0.3) is 0 Å². The second kappa shape index (κ2) is 9.01. The van der Waals surface area contributed by atoms with E-state index in [0.717, 1.165) is 18.4 Å². The van der Waals surface area contributed by atoms with Crippen LogP contribution in [0.15, 0.2) is 54.6 Å². The first kappa shape index (κ1) is 17.9. The van der Waals surface area contributed by atoms with Gasteiger partial charge in [-0.15, -0.1) is 0 Å². The Hall–Kier alpha value is -2.86. The van der Waals surface area contributed by atoms with Gasteiger partial charge in [0.05, 0.1) is 6.10 Å². The molecule has 26 heavy (non-hydrogen) atoms. The third kappa shape index (κ3) is 5.32. The number of carbonyl (C=O) groups excluding carboxylic acids is 2. The Morgan fingerprint density at radius 1 is 1.04 bits per heavy atom. The topological polar surface area (TPSA) is 76.7 Å². The van der Waals surface area contributed by atoms with Crippen molar-refractivity contribution in [3.63, 3.8) is 0 Å². The maximum atomic E-state index is 11.9. The van der Waals surface area contributed by atoms with Gasteiger partial charge in [-0.2, -0.15) is 0 Å². The molecule has 1 aliphatic rings. The minimum absolute atomic E-state index is 0.00722. The third-order valence-corrected chi connectivity index (χ3v) is 4.08. The van der Waals surface area contributed by atoms with Crippen molar-refractivity contribution in [2.75, 3.05) is 18.5 Å². The molecule has 1 saturated heterocycles. The first-order chi connectivity index (χ1) is 12.7. The fourth-order valence-electron chi connectivity index (χ4n) is 2.66. The highest BCUT2D eigenvalue weighted by atomic mass is 16.5. The summed E-state index contributed by atoms with van der Waals surface area (Å²) in [7, 11) is 0.